The van der Waals surface area contributed by atoms with Crippen molar-refractivity contribution in [3.63, 3.8) is 0 Å². The van der Waals surface area contributed by atoms with E-state index in [-0.39, 0.29) is 35.2 Å². The normalized spacial score (nSPS) is 22.3. The fourth-order valence-corrected chi connectivity index (χ4v) is 7.22. The van der Waals surface area contributed by atoms with Gasteiger partial charge in [0.05, 0.1) is 46.6 Å². The molecule has 0 aliphatic carbocycles. The summed E-state index contributed by atoms with van der Waals surface area (Å²) in [6.07, 6.45) is 0.894. The summed E-state index contributed by atoms with van der Waals surface area (Å²) in [5.41, 5.74) is -0.769. The van der Waals surface area contributed by atoms with Crippen LogP contribution in [0.5, 0.6) is 0 Å². The largest absolute Gasteiger partial charge is 0.480 e. The lowest BCUT2D eigenvalue weighted by molar-refractivity contribution is -0.384. The van der Waals surface area contributed by atoms with Crippen LogP contribution >= 0.6 is 11.6 Å². The second-order valence-electron chi connectivity index (χ2n) is 12.0. The lowest BCUT2D eigenvalue weighted by atomic mass is 9.76. The molecule has 12 heteroatoms. The summed E-state index contributed by atoms with van der Waals surface area (Å²) in [5.74, 6) is -5.42. The number of benzene rings is 4. The molecule has 1 aromatic heterocycles. The quantitative estimate of drug-likeness (QED) is 0.135. The number of non-ortho nitro benzene ring substituents is 1. The molecule has 4 aromatic carbocycles. The molecule has 0 saturated carbocycles. The van der Waals surface area contributed by atoms with Gasteiger partial charge in [-0.15, -0.1) is 0 Å². The maximum absolute atomic E-state index is 14.3. The molecule has 236 valence electrons. The molecule has 2 aliphatic heterocycles. The van der Waals surface area contributed by atoms with Crippen molar-refractivity contribution in [2.45, 2.75) is 31.5 Å². The van der Waals surface area contributed by atoms with Gasteiger partial charge in [0.25, 0.3) is 5.69 Å². The maximum atomic E-state index is 14.3. The third kappa shape index (κ3) is 4.77. The van der Waals surface area contributed by atoms with Crippen LogP contribution in [0.15, 0.2) is 94.3 Å². The molecule has 4 unspecified atom stereocenters. The average molecular weight is 652 g/mol. The van der Waals surface area contributed by atoms with E-state index in [1.165, 1.54) is 36.6 Å². The molecule has 3 heterocycles. The minimum absolute atomic E-state index is 0.0209. The van der Waals surface area contributed by atoms with Crippen LogP contribution in [0.25, 0.3) is 21.7 Å². The molecule has 7 rings (SSSR count). The Bertz CT molecular complexity index is 2210. The number of aryl methyl sites for hydroxylation is 1. The van der Waals surface area contributed by atoms with Gasteiger partial charge in [-0.1, -0.05) is 66.2 Å². The van der Waals surface area contributed by atoms with Gasteiger partial charge < -0.3 is 9.52 Å². The molecular formula is C35H26ClN3O8. The van der Waals surface area contributed by atoms with Gasteiger partial charge in [-0.3, -0.25) is 39.5 Å². The molecule has 0 bridgehead atoms. The predicted molar refractivity (Wildman–Crippen MR) is 172 cm³/mol. The van der Waals surface area contributed by atoms with Gasteiger partial charge in [-0.2, -0.15) is 0 Å². The van der Waals surface area contributed by atoms with Gasteiger partial charge in [0, 0.05) is 23.6 Å². The van der Waals surface area contributed by atoms with Crippen LogP contribution in [-0.4, -0.2) is 38.3 Å². The Hall–Kier alpha value is -5.39. The first-order valence-electron chi connectivity index (χ1n) is 14.8. The zero-order valence-corrected chi connectivity index (χ0v) is 25.6. The van der Waals surface area contributed by atoms with Crippen LogP contribution in [0.2, 0.25) is 5.02 Å². The molecule has 2 saturated heterocycles. The van der Waals surface area contributed by atoms with Crippen molar-refractivity contribution in [1.29, 1.82) is 0 Å². The van der Waals surface area contributed by atoms with Crippen molar-refractivity contribution in [2.75, 3.05) is 0 Å². The number of hydrogen-bond acceptors (Lipinski definition) is 8. The number of carboxylic acids is 1. The lowest BCUT2D eigenvalue weighted by Crippen LogP contribution is -2.57. The van der Waals surface area contributed by atoms with Crippen LogP contribution in [0, 0.1) is 28.9 Å². The Morgan fingerprint density at radius 3 is 2.47 bits per heavy atom. The Morgan fingerprint density at radius 2 is 1.74 bits per heavy atom. The van der Waals surface area contributed by atoms with Crippen molar-refractivity contribution in [1.82, 2.24) is 10.2 Å². The summed E-state index contributed by atoms with van der Waals surface area (Å²) in [5, 5.41) is 27.3. The number of carboxylic acid groups (broad SMARTS) is 1. The molecule has 0 spiro atoms. The summed E-state index contributed by atoms with van der Waals surface area (Å²) >= 11 is 6.33. The van der Waals surface area contributed by atoms with Gasteiger partial charge in [-0.25, -0.2) is 0 Å². The number of fused-ring (bicyclic) bond motifs is 3. The Balaban J connectivity index is 1.37. The number of imide groups is 1. The van der Waals surface area contributed by atoms with Crippen molar-refractivity contribution >= 4 is 56.8 Å². The zero-order chi connectivity index (χ0) is 33.2. The highest BCUT2D eigenvalue weighted by Gasteiger charge is 2.68. The molecule has 0 radical (unpaired) electrons. The van der Waals surface area contributed by atoms with Gasteiger partial charge in [-0.05, 0) is 46.5 Å². The number of carbonyl (C=O) groups excluding carboxylic acids is 2. The highest BCUT2D eigenvalue weighted by Crippen LogP contribution is 2.50. The molecule has 2 N–H and O–H groups in total. The van der Waals surface area contributed by atoms with E-state index >= 15 is 0 Å². The summed E-state index contributed by atoms with van der Waals surface area (Å²) in [4.78, 5) is 67.7. The number of hydrogen-bond donors (Lipinski definition) is 2. The number of carbonyl (C=O) groups is 3. The van der Waals surface area contributed by atoms with Crippen LogP contribution in [0.4, 0.5) is 5.69 Å². The van der Waals surface area contributed by atoms with E-state index in [0.717, 1.165) is 15.7 Å². The molecule has 4 atom stereocenters. The van der Waals surface area contributed by atoms with Gasteiger partial charge in [0.1, 0.15) is 11.1 Å². The van der Waals surface area contributed by atoms with E-state index < -0.39 is 51.6 Å². The van der Waals surface area contributed by atoms with E-state index in [4.69, 9.17) is 16.0 Å². The fraction of sp³-hybridized carbons (Fsp3) is 0.200. The number of nitrogens with one attached hydrogen (secondary N) is 1. The zero-order valence-electron chi connectivity index (χ0n) is 24.8. The summed E-state index contributed by atoms with van der Waals surface area (Å²) in [6.45, 7) is 1.65. The van der Waals surface area contributed by atoms with Crippen molar-refractivity contribution in [2.24, 2.45) is 11.8 Å². The molecule has 2 fully saturated rings. The number of nitro benzene ring substituents is 1. The number of aliphatic carboxylic acids is 1. The highest BCUT2D eigenvalue weighted by atomic mass is 35.5. The second-order valence-corrected chi connectivity index (χ2v) is 12.4. The number of amides is 2. The van der Waals surface area contributed by atoms with E-state index in [0.29, 0.717) is 21.7 Å². The second kappa shape index (κ2) is 11.1. The number of likely N-dealkylation sites (tertiary alicyclic amines) is 1. The van der Waals surface area contributed by atoms with Gasteiger partial charge >= 0.3 is 5.97 Å². The Labute approximate surface area is 271 Å². The smallest absolute Gasteiger partial charge is 0.325 e. The van der Waals surface area contributed by atoms with Crippen LogP contribution in [0.1, 0.15) is 28.3 Å². The fourth-order valence-electron chi connectivity index (χ4n) is 7.06. The van der Waals surface area contributed by atoms with E-state index in [2.05, 4.69) is 5.32 Å². The molecule has 2 amide bonds. The SMILES string of the molecule is Cc1cc2occ(C3NC(Cc4ccc([N+](=O)[O-])cc4)(C(=O)O)C4C(=O)N(Cc5cccc6ccccc56)C(=O)C34)c(=O)c2cc1Cl. The van der Waals surface area contributed by atoms with Gasteiger partial charge in [0.15, 0.2) is 5.43 Å². The Morgan fingerprint density at radius 1 is 1.02 bits per heavy atom. The first-order valence-corrected chi connectivity index (χ1v) is 15.2. The number of rotatable bonds is 7. The summed E-state index contributed by atoms with van der Waals surface area (Å²) in [7, 11) is 0. The van der Waals surface area contributed by atoms with Crippen molar-refractivity contribution < 1.29 is 28.8 Å². The highest BCUT2D eigenvalue weighted by molar-refractivity contribution is 6.32. The monoisotopic (exact) mass is 651 g/mol. The predicted octanol–water partition coefficient (Wildman–Crippen LogP) is 5.33. The summed E-state index contributed by atoms with van der Waals surface area (Å²) < 4.78 is 5.82. The van der Waals surface area contributed by atoms with Gasteiger partial charge in [0.2, 0.25) is 11.8 Å². The molecular weight excluding hydrogens is 626 g/mol. The first-order chi connectivity index (χ1) is 22.5. The minimum Gasteiger partial charge on any atom is -0.480 e. The summed E-state index contributed by atoms with van der Waals surface area (Å²) in [6, 6.07) is 20.2. The van der Waals surface area contributed by atoms with E-state index in [1.54, 1.807) is 19.1 Å². The molecule has 2 aliphatic rings. The van der Waals surface area contributed by atoms with E-state index in [1.807, 2.05) is 36.4 Å². The van der Waals surface area contributed by atoms with Crippen LogP contribution in [0.3, 0.4) is 0 Å². The van der Waals surface area contributed by atoms with Crippen molar-refractivity contribution in [3.05, 3.63) is 133 Å². The van der Waals surface area contributed by atoms with Crippen molar-refractivity contribution in [3.8, 4) is 0 Å². The first kappa shape index (κ1) is 30.3. The number of halogens is 1. The number of nitro groups is 1. The third-order valence-electron chi connectivity index (χ3n) is 9.38. The topological polar surface area (TPSA) is 160 Å². The number of nitrogens with zero attached hydrogens (tertiary/aromatic N) is 2. The van der Waals surface area contributed by atoms with E-state index in [9.17, 15) is 34.4 Å². The average Bonchev–Trinajstić information content (AvgIpc) is 3.52. The molecule has 11 nitrogen and oxygen atoms in total. The molecule has 47 heavy (non-hydrogen) atoms. The maximum Gasteiger partial charge on any atom is 0.325 e. The molecule has 5 aromatic rings. The lowest BCUT2D eigenvalue weighted by Gasteiger charge is -2.31. The Kier molecular flexibility index (Phi) is 7.18. The third-order valence-corrected chi connectivity index (χ3v) is 9.79. The minimum atomic E-state index is -2.06. The van der Waals surface area contributed by atoms with Crippen LogP contribution in [-0.2, 0) is 27.3 Å². The van der Waals surface area contributed by atoms with Crippen LogP contribution < -0.4 is 10.7 Å². The standard InChI is InChI=1S/C35H26ClN3O8/c1-18-13-27-24(14-26(18)36)31(40)25(17-47-27)30-28-29(35(37-30,34(43)44)15-19-9-11-22(12-10-19)39(45)46)33(42)38(32(28)41)16-21-7-4-6-20-5-2-3-8-23(20)21/h2-14,17,28-30,37H,15-16H2,1H3,(H,43,44).